The standard InChI is InChI=1S/C24H14BrCl2NO4S/c25-16-7-10-20(32-23(30)18-3-1-2-4-19(18)27)15(11-16)12-21-22(29)28(24(31)33-21)13-14-5-8-17(26)9-6-14/h1-12H,13H2/b21-12-. The monoisotopic (exact) mass is 561 g/mol. The molecule has 0 radical (unpaired) electrons. The third-order valence-electron chi connectivity index (χ3n) is 4.68. The number of carbonyl (C=O) groups is 3. The Balaban J connectivity index is 1.59. The quantitative estimate of drug-likeness (QED) is 0.187. The largest absolute Gasteiger partial charge is 0.422 e. The van der Waals surface area contributed by atoms with Gasteiger partial charge in [-0.2, -0.15) is 0 Å². The molecule has 0 saturated carbocycles. The van der Waals surface area contributed by atoms with Crippen molar-refractivity contribution >= 4 is 74.1 Å². The van der Waals surface area contributed by atoms with E-state index in [1.54, 1.807) is 66.7 Å². The summed E-state index contributed by atoms with van der Waals surface area (Å²) < 4.78 is 6.27. The number of benzene rings is 3. The Kier molecular flexibility index (Phi) is 7.24. The van der Waals surface area contributed by atoms with Crippen molar-refractivity contribution in [2.45, 2.75) is 6.54 Å². The third-order valence-corrected chi connectivity index (χ3v) is 6.66. The molecule has 3 aromatic carbocycles. The summed E-state index contributed by atoms with van der Waals surface area (Å²) in [5, 5.41) is 0.455. The summed E-state index contributed by atoms with van der Waals surface area (Å²) in [6, 6.07) is 18.5. The second-order valence-corrected chi connectivity index (χ2v) is 9.70. The number of nitrogens with zero attached hydrogens (tertiary/aromatic N) is 1. The van der Waals surface area contributed by atoms with Gasteiger partial charge in [-0.1, -0.05) is 63.4 Å². The van der Waals surface area contributed by atoms with Gasteiger partial charge in [0.05, 0.1) is 22.0 Å². The first-order valence-electron chi connectivity index (χ1n) is 9.58. The van der Waals surface area contributed by atoms with E-state index in [1.165, 1.54) is 6.08 Å². The number of hydrogen-bond acceptors (Lipinski definition) is 5. The molecule has 0 spiro atoms. The molecule has 1 heterocycles. The number of carbonyl (C=O) groups excluding carboxylic acids is 3. The summed E-state index contributed by atoms with van der Waals surface area (Å²) in [4.78, 5) is 39.4. The fourth-order valence-corrected chi connectivity index (χ4v) is 4.60. The van der Waals surface area contributed by atoms with E-state index in [1.807, 2.05) is 0 Å². The topological polar surface area (TPSA) is 63.7 Å². The molecular weight excluding hydrogens is 549 g/mol. The maximum atomic E-state index is 12.9. The molecule has 0 unspecified atom stereocenters. The van der Waals surface area contributed by atoms with Gasteiger partial charge in [0.2, 0.25) is 0 Å². The van der Waals surface area contributed by atoms with E-state index in [0.29, 0.717) is 15.1 Å². The SMILES string of the molecule is O=C(Oc1ccc(Br)cc1/C=C1\SC(=O)N(Cc2ccc(Cl)cc2)C1=O)c1ccccc1Cl. The first-order chi connectivity index (χ1) is 15.8. The molecule has 33 heavy (non-hydrogen) atoms. The summed E-state index contributed by atoms with van der Waals surface area (Å²) in [5.74, 6) is -0.829. The average molecular weight is 563 g/mol. The van der Waals surface area contributed by atoms with E-state index in [0.717, 1.165) is 22.2 Å². The molecule has 0 bridgehead atoms. The fraction of sp³-hybridized carbons (Fsp3) is 0.0417. The molecule has 1 aliphatic rings. The summed E-state index contributed by atoms with van der Waals surface area (Å²) in [6.45, 7) is 0.131. The van der Waals surface area contributed by atoms with Crippen LogP contribution in [0.15, 0.2) is 76.1 Å². The zero-order valence-electron chi connectivity index (χ0n) is 16.8. The lowest BCUT2D eigenvalue weighted by atomic mass is 10.1. The van der Waals surface area contributed by atoms with Crippen LogP contribution in [0.2, 0.25) is 10.0 Å². The van der Waals surface area contributed by atoms with Crippen molar-refractivity contribution in [3.8, 4) is 5.75 Å². The highest BCUT2D eigenvalue weighted by Gasteiger charge is 2.35. The summed E-state index contributed by atoms with van der Waals surface area (Å²) in [7, 11) is 0. The number of imide groups is 1. The van der Waals surface area contributed by atoms with Crippen molar-refractivity contribution in [2.75, 3.05) is 0 Å². The Bertz CT molecular complexity index is 1290. The van der Waals surface area contributed by atoms with Gasteiger partial charge in [0, 0.05) is 15.1 Å². The second-order valence-electron chi connectivity index (χ2n) is 6.95. The normalized spacial score (nSPS) is 14.8. The molecule has 0 atom stereocenters. The molecule has 5 nitrogen and oxygen atoms in total. The molecule has 1 aliphatic heterocycles. The van der Waals surface area contributed by atoms with Crippen LogP contribution in [0.1, 0.15) is 21.5 Å². The lowest BCUT2D eigenvalue weighted by Gasteiger charge is -2.12. The van der Waals surface area contributed by atoms with E-state index in [9.17, 15) is 14.4 Å². The second kappa shape index (κ2) is 10.1. The predicted octanol–water partition coefficient (Wildman–Crippen LogP) is 7.21. The van der Waals surface area contributed by atoms with Gasteiger partial charge < -0.3 is 4.74 Å². The van der Waals surface area contributed by atoms with Crippen molar-refractivity contribution in [3.05, 3.63) is 103 Å². The molecule has 0 N–H and O–H groups in total. The number of hydrogen-bond donors (Lipinski definition) is 0. The molecule has 0 aliphatic carbocycles. The minimum atomic E-state index is -0.631. The smallest absolute Gasteiger partial charge is 0.345 e. The van der Waals surface area contributed by atoms with Gasteiger partial charge in [-0.05, 0) is 65.9 Å². The van der Waals surface area contributed by atoms with Crippen molar-refractivity contribution in [2.24, 2.45) is 0 Å². The van der Waals surface area contributed by atoms with Gasteiger partial charge in [-0.15, -0.1) is 0 Å². The summed E-state index contributed by atoms with van der Waals surface area (Å²) >= 11 is 16.2. The van der Waals surface area contributed by atoms with Crippen LogP contribution in [0, 0.1) is 0 Å². The minimum absolute atomic E-state index is 0.131. The highest BCUT2D eigenvalue weighted by Crippen LogP contribution is 2.36. The Morgan fingerprint density at radius 1 is 1.03 bits per heavy atom. The molecule has 9 heteroatoms. The number of amides is 2. The van der Waals surface area contributed by atoms with Gasteiger partial charge in [-0.25, -0.2) is 4.79 Å². The van der Waals surface area contributed by atoms with Gasteiger partial charge in [0.1, 0.15) is 5.75 Å². The molecule has 1 fully saturated rings. The van der Waals surface area contributed by atoms with Crippen LogP contribution < -0.4 is 4.74 Å². The Hall–Kier alpha value is -2.58. The van der Waals surface area contributed by atoms with Crippen LogP contribution in [0.25, 0.3) is 6.08 Å². The molecule has 4 rings (SSSR count). The van der Waals surface area contributed by atoms with Crippen LogP contribution >= 0.6 is 50.9 Å². The number of halogens is 3. The maximum absolute atomic E-state index is 12.9. The van der Waals surface area contributed by atoms with Crippen LogP contribution in [0.3, 0.4) is 0 Å². The first-order valence-corrected chi connectivity index (χ1v) is 11.9. The van der Waals surface area contributed by atoms with Crippen molar-refractivity contribution in [1.29, 1.82) is 0 Å². The number of thioether (sulfide) groups is 1. The molecule has 2 amide bonds. The van der Waals surface area contributed by atoms with Gasteiger partial charge in [0.15, 0.2) is 0 Å². The maximum Gasteiger partial charge on any atom is 0.345 e. The van der Waals surface area contributed by atoms with E-state index in [-0.39, 0.29) is 33.0 Å². The Morgan fingerprint density at radius 3 is 2.48 bits per heavy atom. The van der Waals surface area contributed by atoms with Gasteiger partial charge in [-0.3, -0.25) is 14.5 Å². The van der Waals surface area contributed by atoms with Gasteiger partial charge in [0.25, 0.3) is 11.1 Å². The highest BCUT2D eigenvalue weighted by atomic mass is 79.9. The Morgan fingerprint density at radius 2 is 1.76 bits per heavy atom. The van der Waals surface area contributed by atoms with Crippen molar-refractivity contribution in [3.63, 3.8) is 0 Å². The van der Waals surface area contributed by atoms with E-state index in [4.69, 9.17) is 27.9 Å². The first kappa shape index (κ1) is 23.6. The van der Waals surface area contributed by atoms with Crippen LogP contribution in [0.5, 0.6) is 5.75 Å². The zero-order chi connectivity index (χ0) is 23.5. The average Bonchev–Trinajstić information content (AvgIpc) is 3.04. The van der Waals surface area contributed by atoms with Crippen molar-refractivity contribution < 1.29 is 19.1 Å². The van der Waals surface area contributed by atoms with Crippen molar-refractivity contribution in [1.82, 2.24) is 4.90 Å². The van der Waals surface area contributed by atoms with Crippen LogP contribution in [-0.4, -0.2) is 22.0 Å². The molecule has 3 aromatic rings. The fourth-order valence-electron chi connectivity index (χ4n) is 3.06. The lowest BCUT2D eigenvalue weighted by molar-refractivity contribution is -0.123. The van der Waals surface area contributed by atoms with E-state index in [2.05, 4.69) is 15.9 Å². The lowest BCUT2D eigenvalue weighted by Crippen LogP contribution is -2.27. The minimum Gasteiger partial charge on any atom is -0.422 e. The number of esters is 1. The van der Waals surface area contributed by atoms with Crippen LogP contribution in [0.4, 0.5) is 4.79 Å². The predicted molar refractivity (Wildman–Crippen MR) is 134 cm³/mol. The zero-order valence-corrected chi connectivity index (χ0v) is 20.7. The van der Waals surface area contributed by atoms with Crippen LogP contribution in [-0.2, 0) is 11.3 Å². The molecule has 0 aromatic heterocycles. The third kappa shape index (κ3) is 5.50. The molecule has 166 valence electrons. The van der Waals surface area contributed by atoms with Gasteiger partial charge >= 0.3 is 5.97 Å². The Labute approximate surface area is 212 Å². The molecule has 1 saturated heterocycles. The number of rotatable bonds is 5. The number of ether oxygens (including phenoxy) is 1. The highest BCUT2D eigenvalue weighted by molar-refractivity contribution is 9.10. The van der Waals surface area contributed by atoms with E-state index < -0.39 is 11.9 Å². The summed E-state index contributed by atoms with van der Waals surface area (Å²) in [6.07, 6.45) is 1.53. The summed E-state index contributed by atoms with van der Waals surface area (Å²) in [5.41, 5.74) is 1.46. The molecular formula is C24H14BrCl2NO4S. The van der Waals surface area contributed by atoms with E-state index >= 15 is 0 Å².